The van der Waals surface area contributed by atoms with Gasteiger partial charge in [0.05, 0.1) is 6.26 Å². The molecule has 0 atom stereocenters. The molecule has 0 saturated heterocycles. The van der Waals surface area contributed by atoms with E-state index in [2.05, 4.69) is 4.42 Å². The van der Waals surface area contributed by atoms with Gasteiger partial charge in [-0.3, -0.25) is 0 Å². The van der Waals surface area contributed by atoms with Crippen molar-refractivity contribution in [2.24, 2.45) is 0 Å². The molecule has 0 N–H and O–H groups in total. The molecule has 0 amide bonds. The third kappa shape index (κ3) is 1.96. The van der Waals surface area contributed by atoms with Crippen molar-refractivity contribution < 1.29 is 21.5 Å². The van der Waals surface area contributed by atoms with E-state index in [1.54, 1.807) is 12.1 Å². The van der Waals surface area contributed by atoms with Crippen molar-refractivity contribution in [2.45, 2.75) is 0 Å². The van der Waals surface area contributed by atoms with Crippen LogP contribution in [-0.4, -0.2) is 0 Å². The van der Waals surface area contributed by atoms with Crippen LogP contribution >= 0.6 is 0 Å². The van der Waals surface area contributed by atoms with Crippen LogP contribution < -0.4 is 5.63 Å². The average molecular weight is 152 g/mol. The van der Waals surface area contributed by atoms with E-state index in [1.807, 2.05) is 0 Å². The molecule has 0 aromatic carbocycles. The first-order chi connectivity index (χ1) is 3.39. The molecule has 1 heterocycles. The molecule has 0 saturated carbocycles. The second-order valence-corrected chi connectivity index (χ2v) is 1.12. The summed E-state index contributed by atoms with van der Waals surface area (Å²) < 4.78 is 4.37. The molecule has 0 aliphatic carbocycles. The molecule has 0 aliphatic rings. The molecule has 0 spiro atoms. The molecular weight excluding hydrogens is 148 g/mol. The maximum absolute atomic E-state index is 10.1. The van der Waals surface area contributed by atoms with E-state index in [0.29, 0.717) is 0 Å². The molecular formula is C5H4FeO2. The van der Waals surface area contributed by atoms with Gasteiger partial charge in [-0.2, -0.15) is 0 Å². The van der Waals surface area contributed by atoms with Gasteiger partial charge in [-0.1, -0.05) is 6.07 Å². The third-order valence-electron chi connectivity index (χ3n) is 0.606. The summed E-state index contributed by atoms with van der Waals surface area (Å²) in [5, 5.41) is 0. The Hall–Kier alpha value is -0.531. The maximum atomic E-state index is 10.1. The van der Waals surface area contributed by atoms with E-state index in [0.717, 1.165) is 0 Å². The summed E-state index contributed by atoms with van der Waals surface area (Å²) in [5.41, 5.74) is -0.303. The smallest absolute Gasteiger partial charge is 0.335 e. The normalized spacial score (nSPS) is 7.50. The predicted octanol–water partition coefficient (Wildman–Crippen LogP) is 0.637. The standard InChI is InChI=1S/C5H4O2.Fe/c6-5-3-1-2-4-7-5;/h1-4H;. The van der Waals surface area contributed by atoms with E-state index >= 15 is 0 Å². The SMILES string of the molecule is O=c1cccco1.[Fe]. The monoisotopic (exact) mass is 152 g/mol. The van der Waals surface area contributed by atoms with Gasteiger partial charge in [0.15, 0.2) is 0 Å². The van der Waals surface area contributed by atoms with Crippen LogP contribution in [0, 0.1) is 0 Å². The Labute approximate surface area is 57.0 Å². The van der Waals surface area contributed by atoms with E-state index in [9.17, 15) is 4.79 Å². The Bertz CT molecular complexity index is 176. The topological polar surface area (TPSA) is 30.2 Å². The fourth-order valence-electron chi connectivity index (χ4n) is 0.325. The van der Waals surface area contributed by atoms with Crippen LogP contribution in [-0.2, 0) is 17.1 Å². The van der Waals surface area contributed by atoms with Crippen molar-refractivity contribution in [3.8, 4) is 0 Å². The zero-order valence-corrected chi connectivity index (χ0v) is 5.08. The zero-order valence-electron chi connectivity index (χ0n) is 3.98. The average Bonchev–Trinajstić information content (AvgIpc) is 1.69. The van der Waals surface area contributed by atoms with Crippen molar-refractivity contribution >= 4 is 0 Å². The summed E-state index contributed by atoms with van der Waals surface area (Å²) in [7, 11) is 0. The molecule has 0 fully saturated rings. The first kappa shape index (κ1) is 7.47. The van der Waals surface area contributed by atoms with Crippen LogP contribution in [0.25, 0.3) is 0 Å². The zero-order chi connectivity index (χ0) is 5.11. The fraction of sp³-hybridized carbons (Fsp3) is 0. The fourth-order valence-corrected chi connectivity index (χ4v) is 0.325. The van der Waals surface area contributed by atoms with Gasteiger partial charge in [-0.25, -0.2) is 4.79 Å². The molecule has 1 aromatic rings. The van der Waals surface area contributed by atoms with E-state index in [-0.39, 0.29) is 22.7 Å². The summed E-state index contributed by atoms with van der Waals surface area (Å²) in [4.78, 5) is 10.1. The van der Waals surface area contributed by atoms with Gasteiger partial charge in [0.2, 0.25) is 0 Å². The van der Waals surface area contributed by atoms with Crippen molar-refractivity contribution in [3.05, 3.63) is 34.9 Å². The molecule has 44 valence electrons. The Morgan fingerprint density at radius 2 is 2.12 bits per heavy atom. The first-order valence-corrected chi connectivity index (χ1v) is 1.93. The Morgan fingerprint density at radius 3 is 2.38 bits per heavy atom. The number of rotatable bonds is 0. The Kier molecular flexibility index (Phi) is 3.24. The minimum atomic E-state index is -0.303. The number of hydrogen-bond donors (Lipinski definition) is 0. The second-order valence-electron chi connectivity index (χ2n) is 1.12. The van der Waals surface area contributed by atoms with Gasteiger partial charge in [0, 0.05) is 23.1 Å². The molecule has 8 heavy (non-hydrogen) atoms. The molecule has 1 aromatic heterocycles. The third-order valence-corrected chi connectivity index (χ3v) is 0.606. The summed E-state index contributed by atoms with van der Waals surface area (Å²) in [6, 6.07) is 4.65. The molecule has 0 bridgehead atoms. The van der Waals surface area contributed by atoms with Gasteiger partial charge in [-0.05, 0) is 6.07 Å². The van der Waals surface area contributed by atoms with Crippen LogP contribution in [0.1, 0.15) is 0 Å². The van der Waals surface area contributed by atoms with Crippen LogP contribution in [0.15, 0.2) is 33.7 Å². The molecule has 0 aliphatic heterocycles. The van der Waals surface area contributed by atoms with Gasteiger partial charge in [-0.15, -0.1) is 0 Å². The van der Waals surface area contributed by atoms with Gasteiger partial charge in [0.25, 0.3) is 0 Å². The minimum absolute atomic E-state index is 0. The van der Waals surface area contributed by atoms with Crippen molar-refractivity contribution in [1.82, 2.24) is 0 Å². The summed E-state index contributed by atoms with van der Waals surface area (Å²) in [6.07, 6.45) is 1.35. The van der Waals surface area contributed by atoms with Gasteiger partial charge >= 0.3 is 5.63 Å². The largest absolute Gasteiger partial charge is 0.431 e. The molecule has 3 heteroatoms. The molecule has 0 unspecified atom stereocenters. The van der Waals surface area contributed by atoms with Gasteiger partial charge < -0.3 is 4.42 Å². The predicted molar refractivity (Wildman–Crippen MR) is 25.0 cm³/mol. The van der Waals surface area contributed by atoms with Crippen molar-refractivity contribution in [1.29, 1.82) is 0 Å². The number of hydrogen-bond acceptors (Lipinski definition) is 2. The molecule has 0 radical (unpaired) electrons. The van der Waals surface area contributed by atoms with E-state index in [1.165, 1.54) is 12.3 Å². The first-order valence-electron chi connectivity index (χ1n) is 1.93. The summed E-state index contributed by atoms with van der Waals surface area (Å²) in [6.45, 7) is 0. The van der Waals surface area contributed by atoms with E-state index in [4.69, 9.17) is 0 Å². The van der Waals surface area contributed by atoms with Crippen LogP contribution in [0.5, 0.6) is 0 Å². The van der Waals surface area contributed by atoms with Crippen molar-refractivity contribution in [2.75, 3.05) is 0 Å². The molecule has 1 rings (SSSR count). The Balaban J connectivity index is 0.000000490. The molecule has 2 nitrogen and oxygen atoms in total. The summed E-state index contributed by atoms with van der Waals surface area (Å²) in [5.74, 6) is 0. The van der Waals surface area contributed by atoms with Crippen LogP contribution in [0.4, 0.5) is 0 Å². The second kappa shape index (κ2) is 3.47. The Morgan fingerprint density at radius 1 is 1.38 bits per heavy atom. The van der Waals surface area contributed by atoms with E-state index < -0.39 is 0 Å². The van der Waals surface area contributed by atoms with Crippen LogP contribution in [0.3, 0.4) is 0 Å². The van der Waals surface area contributed by atoms with Crippen molar-refractivity contribution in [3.63, 3.8) is 0 Å². The minimum Gasteiger partial charge on any atom is -0.431 e. The quantitative estimate of drug-likeness (QED) is 0.510. The maximum Gasteiger partial charge on any atom is 0.335 e. The summed E-state index contributed by atoms with van der Waals surface area (Å²) >= 11 is 0. The van der Waals surface area contributed by atoms with Gasteiger partial charge in [0.1, 0.15) is 0 Å². The van der Waals surface area contributed by atoms with Crippen LogP contribution in [0.2, 0.25) is 0 Å².